The van der Waals surface area contributed by atoms with Crippen molar-refractivity contribution in [2.24, 2.45) is 5.92 Å². The fraction of sp³-hybridized carbons (Fsp3) is 0.619. The van der Waals surface area contributed by atoms with Gasteiger partial charge in [0, 0.05) is 29.9 Å². The molecular weight excluding hydrogens is 330 g/mol. The highest BCUT2D eigenvalue weighted by atomic mass is 16.6. The fourth-order valence-corrected chi connectivity index (χ4v) is 6.68. The maximum absolute atomic E-state index is 13.9. The van der Waals surface area contributed by atoms with Gasteiger partial charge in [-0.05, 0) is 43.4 Å². The van der Waals surface area contributed by atoms with Crippen LogP contribution < -0.4 is 4.74 Å². The Hall–Kier alpha value is -1.56. The lowest BCUT2D eigenvalue weighted by Crippen LogP contribution is -2.79. The van der Waals surface area contributed by atoms with Gasteiger partial charge in [0.1, 0.15) is 29.2 Å². The van der Waals surface area contributed by atoms with E-state index in [1.54, 1.807) is 6.07 Å². The lowest BCUT2D eigenvalue weighted by molar-refractivity contribution is -0.924. The van der Waals surface area contributed by atoms with Crippen molar-refractivity contribution in [3.05, 3.63) is 40.6 Å². The average Bonchev–Trinajstić information content (AvgIpc) is 3.33. The molecule has 5 heteroatoms. The zero-order valence-corrected chi connectivity index (χ0v) is 14.9. The molecule has 5 nitrogen and oxygen atoms in total. The van der Waals surface area contributed by atoms with Crippen LogP contribution in [0.3, 0.4) is 0 Å². The van der Waals surface area contributed by atoms with Gasteiger partial charge in [0.15, 0.2) is 0 Å². The van der Waals surface area contributed by atoms with Crippen LogP contribution in [0.5, 0.6) is 11.5 Å². The minimum absolute atomic E-state index is 0.232. The van der Waals surface area contributed by atoms with E-state index < -0.39 is 17.1 Å². The summed E-state index contributed by atoms with van der Waals surface area (Å²) in [4.78, 5) is 0. The Balaban J connectivity index is 1.61. The summed E-state index contributed by atoms with van der Waals surface area (Å²) in [6.07, 6.45) is 4.28. The monoisotopic (exact) mass is 355 g/mol. The molecule has 5 aliphatic rings. The minimum Gasteiger partial charge on any atom is -0.632 e. The zero-order chi connectivity index (χ0) is 17.9. The highest BCUT2D eigenvalue weighted by Gasteiger charge is 2.74. The molecule has 2 bridgehead atoms. The highest BCUT2D eigenvalue weighted by molar-refractivity contribution is 5.62. The summed E-state index contributed by atoms with van der Waals surface area (Å²) in [5.74, 6) is 1.49. The Morgan fingerprint density at radius 3 is 2.88 bits per heavy atom. The van der Waals surface area contributed by atoms with Gasteiger partial charge in [-0.2, -0.15) is 0 Å². The molecule has 1 aromatic carbocycles. The molecule has 2 aliphatic heterocycles. The SMILES string of the molecule is C=C1CCC2(O)C3Cc4c(O)ccc5c4[C@@]2(CC[N@@+]3([O-])CC2CC2)C1O5. The Kier molecular flexibility index (Phi) is 2.66. The summed E-state index contributed by atoms with van der Waals surface area (Å²) < 4.78 is 5.98. The van der Waals surface area contributed by atoms with Crippen molar-refractivity contribution in [2.45, 2.75) is 61.7 Å². The van der Waals surface area contributed by atoms with Crippen molar-refractivity contribution in [1.82, 2.24) is 0 Å². The Labute approximate surface area is 153 Å². The number of rotatable bonds is 2. The second-order valence-corrected chi connectivity index (χ2v) is 9.26. The maximum Gasteiger partial charge on any atom is 0.133 e. The number of phenolic OH excluding ortho intramolecular Hbond substituents is 1. The van der Waals surface area contributed by atoms with Crippen LogP contribution in [-0.2, 0) is 11.8 Å². The molecule has 3 unspecified atom stereocenters. The van der Waals surface area contributed by atoms with E-state index >= 15 is 0 Å². The number of aromatic hydroxyl groups is 1. The molecule has 3 aliphatic carbocycles. The van der Waals surface area contributed by atoms with E-state index in [2.05, 4.69) is 6.58 Å². The molecule has 1 aromatic rings. The smallest absolute Gasteiger partial charge is 0.133 e. The standard InChI is InChI=1S/C21H25NO4/c1-12-6-7-21(24)17-10-14-15(23)4-5-16-18(14)20(21,19(12)26-16)8-9-22(17,25)11-13-2-3-13/h4-5,13,17,19,23-24H,1-3,6-11H2/t17?,19?,20-,21?,22+/m0/s1. The predicted molar refractivity (Wildman–Crippen MR) is 95.7 cm³/mol. The first-order valence-electron chi connectivity index (χ1n) is 9.89. The molecule has 1 saturated heterocycles. The summed E-state index contributed by atoms with van der Waals surface area (Å²) in [6, 6.07) is 3.06. The van der Waals surface area contributed by atoms with Crippen LogP contribution in [0.15, 0.2) is 24.3 Å². The van der Waals surface area contributed by atoms with E-state index in [1.165, 1.54) is 0 Å². The molecule has 26 heavy (non-hydrogen) atoms. The Bertz CT molecular complexity index is 849. The molecule has 0 radical (unpaired) electrons. The van der Waals surface area contributed by atoms with Crippen molar-refractivity contribution in [1.29, 1.82) is 0 Å². The van der Waals surface area contributed by atoms with Gasteiger partial charge >= 0.3 is 0 Å². The summed E-state index contributed by atoms with van der Waals surface area (Å²) in [6.45, 7) is 5.36. The number of hydroxylamine groups is 3. The van der Waals surface area contributed by atoms with Gasteiger partial charge in [-0.1, -0.05) is 6.58 Å². The predicted octanol–water partition coefficient (Wildman–Crippen LogP) is 2.53. The van der Waals surface area contributed by atoms with Crippen molar-refractivity contribution >= 4 is 0 Å². The molecule has 6 rings (SSSR count). The molecule has 5 atom stereocenters. The lowest BCUT2D eigenvalue weighted by atomic mass is 9.48. The van der Waals surface area contributed by atoms with Gasteiger partial charge in [0.25, 0.3) is 0 Å². The second kappa shape index (κ2) is 4.46. The highest BCUT2D eigenvalue weighted by Crippen LogP contribution is 2.66. The Morgan fingerprint density at radius 1 is 1.31 bits per heavy atom. The summed E-state index contributed by atoms with van der Waals surface area (Å²) in [5, 5.41) is 36.6. The molecule has 0 aromatic heterocycles. The topological polar surface area (TPSA) is 72.8 Å². The molecule has 3 fully saturated rings. The normalized spacial score (nSPS) is 45.2. The summed E-state index contributed by atoms with van der Waals surface area (Å²) >= 11 is 0. The van der Waals surface area contributed by atoms with Crippen molar-refractivity contribution in [3.8, 4) is 11.5 Å². The third-order valence-corrected chi connectivity index (χ3v) is 8.02. The van der Waals surface area contributed by atoms with Gasteiger partial charge in [-0.3, -0.25) is 0 Å². The van der Waals surface area contributed by atoms with Gasteiger partial charge in [0.05, 0.1) is 18.5 Å². The molecule has 2 heterocycles. The first-order valence-corrected chi connectivity index (χ1v) is 9.89. The van der Waals surface area contributed by atoms with Gasteiger partial charge in [0.2, 0.25) is 0 Å². The van der Waals surface area contributed by atoms with Crippen LogP contribution >= 0.6 is 0 Å². The number of hydrogen-bond donors (Lipinski definition) is 2. The van der Waals surface area contributed by atoms with Crippen molar-refractivity contribution < 1.29 is 19.6 Å². The second-order valence-electron chi connectivity index (χ2n) is 9.26. The number of benzene rings is 1. The van der Waals surface area contributed by atoms with E-state index in [1.807, 2.05) is 6.07 Å². The number of ether oxygens (including phenoxy) is 1. The summed E-state index contributed by atoms with van der Waals surface area (Å²) in [7, 11) is 0. The van der Waals surface area contributed by atoms with Crippen molar-refractivity contribution in [3.63, 3.8) is 0 Å². The molecular formula is C21H25NO4. The fourth-order valence-electron chi connectivity index (χ4n) is 6.68. The van der Waals surface area contributed by atoms with Crippen LogP contribution in [0.1, 0.15) is 43.2 Å². The average molecular weight is 355 g/mol. The zero-order valence-electron chi connectivity index (χ0n) is 14.9. The largest absolute Gasteiger partial charge is 0.632 e. The number of phenols is 1. The van der Waals surface area contributed by atoms with Gasteiger partial charge in [-0.15, -0.1) is 0 Å². The van der Waals surface area contributed by atoms with E-state index in [9.17, 15) is 15.4 Å². The van der Waals surface area contributed by atoms with Crippen LogP contribution in [-0.4, -0.2) is 45.7 Å². The molecule has 2 N–H and O–H groups in total. The van der Waals surface area contributed by atoms with Crippen LogP contribution in [0.25, 0.3) is 0 Å². The lowest BCUT2D eigenvalue weighted by Gasteiger charge is -2.67. The minimum atomic E-state index is -1.08. The summed E-state index contributed by atoms with van der Waals surface area (Å²) in [5.41, 5.74) is 1.08. The first kappa shape index (κ1) is 15.5. The van der Waals surface area contributed by atoms with E-state index in [0.29, 0.717) is 44.7 Å². The quantitative estimate of drug-likeness (QED) is 0.486. The maximum atomic E-state index is 13.9. The number of nitrogens with zero attached hydrogens (tertiary/aromatic N) is 1. The van der Waals surface area contributed by atoms with Gasteiger partial charge in [-0.25, -0.2) is 0 Å². The van der Waals surface area contributed by atoms with Crippen LogP contribution in [0.2, 0.25) is 0 Å². The molecule has 2 saturated carbocycles. The van der Waals surface area contributed by atoms with E-state index in [0.717, 1.165) is 35.3 Å². The molecule has 1 spiro atoms. The van der Waals surface area contributed by atoms with Crippen LogP contribution in [0.4, 0.5) is 0 Å². The number of likely N-dealkylation sites (tertiary alicyclic amines) is 1. The van der Waals surface area contributed by atoms with E-state index in [4.69, 9.17) is 4.74 Å². The molecule has 138 valence electrons. The van der Waals surface area contributed by atoms with Crippen molar-refractivity contribution in [2.75, 3.05) is 13.1 Å². The third-order valence-electron chi connectivity index (χ3n) is 8.02. The number of hydrogen-bond acceptors (Lipinski definition) is 4. The Morgan fingerprint density at radius 2 is 2.12 bits per heavy atom. The first-order chi connectivity index (χ1) is 12.4. The molecule has 0 amide bonds. The van der Waals surface area contributed by atoms with Gasteiger partial charge < -0.3 is 24.8 Å². The van der Waals surface area contributed by atoms with E-state index in [-0.39, 0.29) is 16.5 Å². The number of aliphatic hydroxyl groups is 1. The van der Waals surface area contributed by atoms with Crippen LogP contribution in [0, 0.1) is 11.1 Å². The number of quaternary nitrogens is 1. The third kappa shape index (κ3) is 1.56. The number of piperidine rings is 1.